The molecule has 2 N–H and O–H groups in total. The molecule has 2 amide bonds. The predicted molar refractivity (Wildman–Crippen MR) is 86.6 cm³/mol. The summed E-state index contributed by atoms with van der Waals surface area (Å²) in [6.45, 7) is 3.26. The Morgan fingerprint density at radius 2 is 2.17 bits per heavy atom. The van der Waals surface area contributed by atoms with Crippen LogP contribution in [0.3, 0.4) is 0 Å². The highest BCUT2D eigenvalue weighted by Crippen LogP contribution is 2.23. The van der Waals surface area contributed by atoms with E-state index in [1.54, 1.807) is 0 Å². The third kappa shape index (κ3) is 4.07. The lowest BCUT2D eigenvalue weighted by molar-refractivity contribution is -0.0612. The van der Waals surface area contributed by atoms with E-state index in [1.807, 2.05) is 37.3 Å². The molecule has 0 bridgehead atoms. The number of anilines is 1. The monoisotopic (exact) mass is 315 g/mol. The Morgan fingerprint density at radius 3 is 2.91 bits per heavy atom. The zero-order valence-electron chi connectivity index (χ0n) is 13.2. The van der Waals surface area contributed by atoms with Crippen molar-refractivity contribution in [3.05, 3.63) is 36.5 Å². The third-order valence-electron chi connectivity index (χ3n) is 3.89. The molecule has 0 aliphatic carbocycles. The van der Waals surface area contributed by atoms with Crippen molar-refractivity contribution >= 4 is 11.8 Å². The van der Waals surface area contributed by atoms with Crippen molar-refractivity contribution in [3.63, 3.8) is 0 Å². The number of benzene rings is 1. The lowest BCUT2D eigenvalue weighted by Crippen LogP contribution is -2.45. The number of para-hydroxylation sites is 1. The minimum absolute atomic E-state index is 0.281. The van der Waals surface area contributed by atoms with Gasteiger partial charge in [-0.3, -0.25) is 5.32 Å². The van der Waals surface area contributed by atoms with E-state index >= 15 is 0 Å². The van der Waals surface area contributed by atoms with E-state index in [0.717, 1.165) is 31.6 Å². The maximum Gasteiger partial charge on any atom is 0.320 e. The number of nitrogens with one attached hydrogen (secondary N) is 2. The van der Waals surface area contributed by atoms with Gasteiger partial charge in [0.05, 0.1) is 17.5 Å². The van der Waals surface area contributed by atoms with Crippen LogP contribution in [0.4, 0.5) is 10.6 Å². The summed E-state index contributed by atoms with van der Waals surface area (Å²) in [4.78, 5) is 13.5. The van der Waals surface area contributed by atoms with Crippen molar-refractivity contribution in [2.24, 2.45) is 0 Å². The van der Waals surface area contributed by atoms with Gasteiger partial charge in [0.25, 0.3) is 0 Å². The first-order valence-electron chi connectivity index (χ1n) is 7.81. The van der Waals surface area contributed by atoms with Crippen LogP contribution in [0, 0.1) is 0 Å². The SMILES string of the molecule is CC1(CNC(=O)Nc2cnn(-c3ccccc3)n2)CCCCO1. The molecule has 7 nitrogen and oxygen atoms in total. The summed E-state index contributed by atoms with van der Waals surface area (Å²) >= 11 is 0. The molecule has 0 spiro atoms. The molecule has 0 saturated carbocycles. The summed E-state index contributed by atoms with van der Waals surface area (Å²) in [7, 11) is 0. The average molecular weight is 315 g/mol. The molecule has 7 heteroatoms. The quantitative estimate of drug-likeness (QED) is 0.907. The number of rotatable bonds is 4. The second kappa shape index (κ2) is 6.78. The highest BCUT2D eigenvalue weighted by molar-refractivity contribution is 5.88. The van der Waals surface area contributed by atoms with Crippen LogP contribution >= 0.6 is 0 Å². The van der Waals surface area contributed by atoms with Gasteiger partial charge in [0.2, 0.25) is 0 Å². The van der Waals surface area contributed by atoms with Crippen LogP contribution in [0.2, 0.25) is 0 Å². The molecule has 23 heavy (non-hydrogen) atoms. The second-order valence-electron chi connectivity index (χ2n) is 5.92. The lowest BCUT2D eigenvalue weighted by Gasteiger charge is -2.33. The van der Waals surface area contributed by atoms with Gasteiger partial charge in [0, 0.05) is 13.2 Å². The van der Waals surface area contributed by atoms with Crippen LogP contribution in [0.1, 0.15) is 26.2 Å². The van der Waals surface area contributed by atoms with Crippen LogP contribution < -0.4 is 10.6 Å². The van der Waals surface area contributed by atoms with E-state index in [2.05, 4.69) is 20.8 Å². The van der Waals surface area contributed by atoms with Gasteiger partial charge in [-0.1, -0.05) is 18.2 Å². The fourth-order valence-corrected chi connectivity index (χ4v) is 2.56. The van der Waals surface area contributed by atoms with E-state index in [4.69, 9.17) is 4.74 Å². The molecule has 1 aliphatic rings. The van der Waals surface area contributed by atoms with Crippen LogP contribution in [0.5, 0.6) is 0 Å². The van der Waals surface area contributed by atoms with E-state index in [1.165, 1.54) is 11.0 Å². The highest BCUT2D eigenvalue weighted by Gasteiger charge is 2.28. The van der Waals surface area contributed by atoms with Crippen LogP contribution in [-0.2, 0) is 4.74 Å². The number of aromatic nitrogens is 3. The molecular weight excluding hydrogens is 294 g/mol. The molecule has 1 aromatic heterocycles. The van der Waals surface area contributed by atoms with Crippen molar-refractivity contribution in [2.45, 2.75) is 31.8 Å². The maximum atomic E-state index is 12.0. The molecule has 1 unspecified atom stereocenters. The molecule has 1 aliphatic heterocycles. The van der Waals surface area contributed by atoms with Crippen molar-refractivity contribution in [1.29, 1.82) is 0 Å². The minimum atomic E-state index is -0.305. The van der Waals surface area contributed by atoms with E-state index < -0.39 is 0 Å². The van der Waals surface area contributed by atoms with E-state index in [-0.39, 0.29) is 11.6 Å². The summed E-state index contributed by atoms with van der Waals surface area (Å²) in [5.74, 6) is 0.404. The predicted octanol–water partition coefficient (Wildman–Crippen LogP) is 2.35. The molecule has 1 aromatic carbocycles. The topological polar surface area (TPSA) is 81.1 Å². The van der Waals surface area contributed by atoms with Crippen LogP contribution in [0.25, 0.3) is 5.69 Å². The summed E-state index contributed by atoms with van der Waals surface area (Å²) in [5, 5.41) is 13.9. The number of hydrogen-bond acceptors (Lipinski definition) is 4. The second-order valence-corrected chi connectivity index (χ2v) is 5.92. The van der Waals surface area contributed by atoms with Crippen molar-refractivity contribution < 1.29 is 9.53 Å². The molecule has 1 atom stereocenters. The van der Waals surface area contributed by atoms with Crippen LogP contribution in [-0.4, -0.2) is 39.8 Å². The van der Waals surface area contributed by atoms with Crippen LogP contribution in [0.15, 0.2) is 36.5 Å². The van der Waals surface area contributed by atoms with Gasteiger partial charge in [-0.2, -0.15) is 5.10 Å². The van der Waals surface area contributed by atoms with Gasteiger partial charge in [-0.25, -0.2) is 4.79 Å². The largest absolute Gasteiger partial charge is 0.373 e. The Labute approximate surface area is 135 Å². The number of nitrogens with zero attached hydrogens (tertiary/aromatic N) is 3. The summed E-state index contributed by atoms with van der Waals surface area (Å²) in [6, 6.07) is 9.22. The minimum Gasteiger partial charge on any atom is -0.373 e. The smallest absolute Gasteiger partial charge is 0.320 e. The molecule has 2 heterocycles. The first-order chi connectivity index (χ1) is 11.1. The summed E-state index contributed by atoms with van der Waals surface area (Å²) in [5.41, 5.74) is 0.557. The first-order valence-corrected chi connectivity index (χ1v) is 7.81. The number of urea groups is 1. The third-order valence-corrected chi connectivity index (χ3v) is 3.89. The van der Waals surface area contributed by atoms with E-state index in [0.29, 0.717) is 12.4 Å². The standard InChI is InChI=1S/C16H21N5O2/c1-16(9-5-6-10-23-16)12-17-15(22)19-14-11-18-21(20-14)13-7-3-2-4-8-13/h2-4,7-8,11H,5-6,9-10,12H2,1H3,(H2,17,19,20,22). The number of hydrogen-bond donors (Lipinski definition) is 2. The van der Waals surface area contributed by atoms with E-state index in [9.17, 15) is 4.79 Å². The molecule has 3 rings (SSSR count). The normalized spacial score (nSPS) is 20.9. The molecule has 1 saturated heterocycles. The fourth-order valence-electron chi connectivity index (χ4n) is 2.56. The van der Waals surface area contributed by atoms with Gasteiger partial charge < -0.3 is 10.1 Å². The fraction of sp³-hybridized carbons (Fsp3) is 0.438. The van der Waals surface area contributed by atoms with Gasteiger partial charge in [-0.05, 0) is 38.3 Å². The Morgan fingerprint density at radius 1 is 1.35 bits per heavy atom. The van der Waals surface area contributed by atoms with Gasteiger partial charge in [0.15, 0.2) is 5.82 Å². The Hall–Kier alpha value is -2.41. The number of ether oxygens (including phenoxy) is 1. The molecule has 0 radical (unpaired) electrons. The van der Waals surface area contributed by atoms with Crippen molar-refractivity contribution in [2.75, 3.05) is 18.5 Å². The zero-order valence-corrected chi connectivity index (χ0v) is 13.2. The van der Waals surface area contributed by atoms with Gasteiger partial charge in [0.1, 0.15) is 0 Å². The number of carbonyl (C=O) groups is 1. The Balaban J connectivity index is 1.53. The van der Waals surface area contributed by atoms with Crippen molar-refractivity contribution in [1.82, 2.24) is 20.3 Å². The average Bonchev–Trinajstić information content (AvgIpc) is 3.03. The Kier molecular flexibility index (Phi) is 4.57. The Bertz CT molecular complexity index is 650. The molecule has 2 aromatic rings. The number of carbonyl (C=O) groups excluding carboxylic acids is 1. The highest BCUT2D eigenvalue weighted by atomic mass is 16.5. The molecule has 1 fully saturated rings. The molecular formula is C16H21N5O2. The van der Waals surface area contributed by atoms with Crippen molar-refractivity contribution in [3.8, 4) is 5.69 Å². The van der Waals surface area contributed by atoms with Gasteiger partial charge >= 0.3 is 6.03 Å². The zero-order chi connectivity index (χ0) is 16.1. The summed E-state index contributed by atoms with van der Waals surface area (Å²) < 4.78 is 5.75. The van der Waals surface area contributed by atoms with Gasteiger partial charge in [-0.15, -0.1) is 9.90 Å². The lowest BCUT2D eigenvalue weighted by atomic mass is 9.96. The maximum absolute atomic E-state index is 12.0. The number of amides is 2. The summed E-state index contributed by atoms with van der Waals surface area (Å²) in [6.07, 6.45) is 4.69. The molecule has 122 valence electrons. The first kappa shape index (κ1) is 15.5.